The molecule has 0 amide bonds. The third kappa shape index (κ3) is 9.72. The number of aromatic nitrogens is 6. The Morgan fingerprint density at radius 3 is 0.895 bits per heavy atom. The lowest BCUT2D eigenvalue weighted by atomic mass is 9.84. The quantitative estimate of drug-likeness (QED) is 0.120. The molecule has 3 aromatic heterocycles. The van der Waals surface area contributed by atoms with Crippen LogP contribution in [0.3, 0.4) is 0 Å². The molecule has 0 spiro atoms. The van der Waals surface area contributed by atoms with Gasteiger partial charge in [0.25, 0.3) is 0 Å². The number of hydrogen-bond acceptors (Lipinski definition) is 8. The Bertz CT molecular complexity index is 4510. The summed E-state index contributed by atoms with van der Waals surface area (Å²) in [7, 11) is 0. The third-order valence-electron chi connectivity index (χ3n) is 15.6. The minimum atomic E-state index is 0.562. The second-order valence-corrected chi connectivity index (χ2v) is 21.0. The first-order chi connectivity index (χ1) is 42.7. The molecule has 0 radical (unpaired) electrons. The molecule has 404 valence electrons. The molecule has 8 nitrogen and oxygen atoms in total. The Morgan fingerprint density at radius 2 is 0.488 bits per heavy atom. The summed E-state index contributed by atoms with van der Waals surface area (Å²) in [6, 6.07) is 109. The molecule has 0 atom stereocenters. The van der Waals surface area contributed by atoms with Gasteiger partial charge in [-0.15, -0.1) is 0 Å². The fraction of sp³-hybridized carbons (Fsp3) is 0. The number of rotatable bonds is 12. The van der Waals surface area contributed by atoms with Gasteiger partial charge >= 0.3 is 0 Å². The van der Waals surface area contributed by atoms with E-state index in [0.717, 1.165) is 124 Å². The van der Waals surface area contributed by atoms with E-state index in [1.54, 1.807) is 0 Å². The molecule has 1 aliphatic rings. The first-order valence-electron chi connectivity index (χ1n) is 28.8. The number of anilines is 6. The zero-order valence-electron chi connectivity index (χ0n) is 46.6. The summed E-state index contributed by atoms with van der Waals surface area (Å²) in [4.78, 5) is 37.8. The van der Waals surface area contributed by atoms with Crippen LogP contribution in [0.15, 0.2) is 315 Å². The molecule has 11 aromatic carbocycles. The lowest BCUT2D eigenvalue weighted by Gasteiger charge is -2.41. The molecule has 14 aromatic rings. The van der Waals surface area contributed by atoms with Crippen molar-refractivity contribution in [2.75, 3.05) is 9.80 Å². The maximum atomic E-state index is 5.70. The van der Waals surface area contributed by atoms with Crippen LogP contribution in [0.5, 0.6) is 0 Å². The van der Waals surface area contributed by atoms with Crippen molar-refractivity contribution in [3.8, 4) is 113 Å². The van der Waals surface area contributed by atoms with E-state index in [2.05, 4.69) is 265 Å². The number of hydrogen-bond donors (Lipinski definition) is 0. The van der Waals surface area contributed by atoms with Crippen molar-refractivity contribution in [1.29, 1.82) is 0 Å². The van der Waals surface area contributed by atoms with E-state index in [1.165, 1.54) is 0 Å². The van der Waals surface area contributed by atoms with E-state index in [-0.39, 0.29) is 0 Å². The van der Waals surface area contributed by atoms with Crippen LogP contribution in [0.25, 0.3) is 113 Å². The highest BCUT2D eigenvalue weighted by Gasteiger charge is 2.37. The van der Waals surface area contributed by atoms with Crippen molar-refractivity contribution in [3.05, 3.63) is 315 Å². The lowest BCUT2D eigenvalue weighted by molar-refractivity contribution is 1.09. The predicted octanol–water partition coefficient (Wildman–Crippen LogP) is 20.0. The van der Waals surface area contributed by atoms with E-state index in [0.29, 0.717) is 23.2 Å². The van der Waals surface area contributed by atoms with Crippen LogP contribution in [-0.4, -0.2) is 29.9 Å². The van der Waals surface area contributed by atoms with Crippen LogP contribution in [0.2, 0.25) is 0 Å². The average molecular weight is 1100 g/mol. The zero-order chi connectivity index (χ0) is 57.2. The topological polar surface area (TPSA) is 83.8 Å². The molecular formula is C78H52N8. The van der Waals surface area contributed by atoms with E-state index in [9.17, 15) is 0 Å². The summed E-state index contributed by atoms with van der Waals surface area (Å²) in [5.41, 5.74) is 19.7. The average Bonchev–Trinajstić information content (AvgIpc) is 1.43. The smallest absolute Gasteiger partial charge is 0.162 e. The number of para-hydroxylation sites is 4. The largest absolute Gasteiger partial charge is 0.305 e. The highest BCUT2D eigenvalue weighted by molar-refractivity contribution is 6.12. The van der Waals surface area contributed by atoms with Gasteiger partial charge in [-0.05, 0) is 53.6 Å². The van der Waals surface area contributed by atoms with Crippen LogP contribution in [0, 0.1) is 0 Å². The van der Waals surface area contributed by atoms with Crippen molar-refractivity contribution < 1.29 is 0 Å². The molecule has 15 rings (SSSR count). The molecule has 0 unspecified atom stereocenters. The standard InChI is InChI=1S/C78H52N8/c1-9-29-53(30-10-1)63-50-64(54-31-11-2-12-32-54)82-78(81-63)62-49-61(67-51-65(55-33-13-3-14-34-55)79-76(83-67)59-41-21-7-22-42-59)75(74(58-39-19-6-20-40-58)73(62)57-37-17-5-18-38-57)86-70-47-27-25-45-68(70)85(69-46-26-28-48-71(69)86)72-52-66(56-35-15-4-16-36-56)80-77(84-72)60-43-23-8-24-44-60/h1-52H. The Hall–Kier alpha value is -11.7. The summed E-state index contributed by atoms with van der Waals surface area (Å²) in [6.45, 7) is 0. The van der Waals surface area contributed by atoms with Crippen LogP contribution in [0.4, 0.5) is 34.3 Å². The first kappa shape index (κ1) is 51.2. The molecule has 4 heterocycles. The molecule has 0 bridgehead atoms. The Kier molecular flexibility index (Phi) is 13.4. The van der Waals surface area contributed by atoms with Crippen molar-refractivity contribution in [1.82, 2.24) is 29.9 Å². The summed E-state index contributed by atoms with van der Waals surface area (Å²) >= 11 is 0. The van der Waals surface area contributed by atoms with Gasteiger partial charge in [0.05, 0.1) is 56.9 Å². The normalized spacial score (nSPS) is 11.7. The van der Waals surface area contributed by atoms with E-state index in [4.69, 9.17) is 29.9 Å². The summed E-state index contributed by atoms with van der Waals surface area (Å²) in [5.74, 6) is 2.50. The summed E-state index contributed by atoms with van der Waals surface area (Å²) < 4.78 is 0. The molecule has 0 saturated carbocycles. The minimum Gasteiger partial charge on any atom is -0.305 e. The van der Waals surface area contributed by atoms with Crippen LogP contribution in [-0.2, 0) is 0 Å². The molecule has 86 heavy (non-hydrogen) atoms. The van der Waals surface area contributed by atoms with Gasteiger partial charge < -0.3 is 4.90 Å². The van der Waals surface area contributed by atoms with Crippen molar-refractivity contribution >= 4 is 34.3 Å². The maximum Gasteiger partial charge on any atom is 0.162 e. The van der Waals surface area contributed by atoms with Crippen molar-refractivity contribution in [2.45, 2.75) is 0 Å². The Morgan fingerprint density at radius 1 is 0.198 bits per heavy atom. The second-order valence-electron chi connectivity index (χ2n) is 21.0. The summed E-state index contributed by atoms with van der Waals surface area (Å²) in [6.07, 6.45) is 0. The van der Waals surface area contributed by atoms with Crippen LogP contribution in [0.1, 0.15) is 0 Å². The number of benzene rings is 11. The fourth-order valence-corrected chi connectivity index (χ4v) is 11.7. The highest BCUT2D eigenvalue weighted by atomic mass is 15.3. The van der Waals surface area contributed by atoms with E-state index >= 15 is 0 Å². The zero-order valence-corrected chi connectivity index (χ0v) is 46.6. The number of nitrogens with zero attached hydrogens (tertiary/aromatic N) is 8. The number of fused-ring (bicyclic) bond motifs is 2. The van der Waals surface area contributed by atoms with Gasteiger partial charge in [-0.1, -0.05) is 267 Å². The highest BCUT2D eigenvalue weighted by Crippen LogP contribution is 2.60. The molecule has 0 N–H and O–H groups in total. The summed E-state index contributed by atoms with van der Waals surface area (Å²) in [5, 5.41) is 0. The Balaban J connectivity index is 1.09. The molecular weight excluding hydrogens is 1050 g/mol. The van der Waals surface area contributed by atoms with Crippen LogP contribution >= 0.6 is 0 Å². The fourth-order valence-electron chi connectivity index (χ4n) is 11.7. The van der Waals surface area contributed by atoms with Crippen molar-refractivity contribution in [2.24, 2.45) is 0 Å². The van der Waals surface area contributed by atoms with Gasteiger partial charge in [0.15, 0.2) is 17.5 Å². The van der Waals surface area contributed by atoms with Crippen LogP contribution < -0.4 is 9.80 Å². The molecule has 1 aliphatic heterocycles. The van der Waals surface area contributed by atoms with Gasteiger partial charge in [-0.2, -0.15) is 0 Å². The van der Waals surface area contributed by atoms with Gasteiger partial charge in [-0.3, -0.25) is 4.90 Å². The second kappa shape index (κ2) is 22.5. The molecule has 0 aliphatic carbocycles. The van der Waals surface area contributed by atoms with Gasteiger partial charge in [-0.25, -0.2) is 29.9 Å². The SMILES string of the molecule is c1ccc(-c2cc(-c3cc(-c4nc(-c5ccccc5)cc(-c5ccccc5)n4)c(-c4ccccc4)c(-c4ccccc4)c3N3c4ccccc4N(c4cc(-c5ccccc5)nc(-c5ccccc5)n4)c4ccccc43)nc(-c3ccccc3)n2)cc1. The van der Waals surface area contributed by atoms with Crippen molar-refractivity contribution in [3.63, 3.8) is 0 Å². The van der Waals surface area contributed by atoms with Gasteiger partial charge in [0.1, 0.15) is 5.82 Å². The third-order valence-corrected chi connectivity index (χ3v) is 15.6. The molecule has 0 fully saturated rings. The van der Waals surface area contributed by atoms with E-state index < -0.39 is 0 Å². The lowest BCUT2D eigenvalue weighted by Crippen LogP contribution is -2.25. The Labute approximate surface area is 499 Å². The van der Waals surface area contributed by atoms with E-state index in [1.807, 2.05) is 60.7 Å². The predicted molar refractivity (Wildman–Crippen MR) is 350 cm³/mol. The monoisotopic (exact) mass is 1100 g/mol. The van der Waals surface area contributed by atoms with Gasteiger partial charge in [0, 0.05) is 61.7 Å². The first-order valence-corrected chi connectivity index (χ1v) is 28.8. The van der Waals surface area contributed by atoms with Gasteiger partial charge in [0.2, 0.25) is 0 Å². The molecule has 8 heteroatoms. The maximum absolute atomic E-state index is 5.70. The molecule has 0 saturated heterocycles. The minimum absolute atomic E-state index is 0.562.